The predicted octanol–water partition coefficient (Wildman–Crippen LogP) is 5.33. The topological polar surface area (TPSA) is 58.2 Å². The number of fused-ring (bicyclic) bond motifs is 1. The lowest BCUT2D eigenvalue weighted by Gasteiger charge is -2.28. The van der Waals surface area contributed by atoms with Gasteiger partial charge in [-0.25, -0.2) is 8.78 Å². The number of benzene rings is 2. The predicted molar refractivity (Wildman–Crippen MR) is 115 cm³/mol. The van der Waals surface area contributed by atoms with Gasteiger partial charge in [-0.3, -0.25) is 9.59 Å². The highest BCUT2D eigenvalue weighted by Gasteiger charge is 2.39. The van der Waals surface area contributed by atoms with E-state index in [0.717, 1.165) is 42.9 Å². The summed E-state index contributed by atoms with van der Waals surface area (Å²) in [4.78, 5) is 25.0. The minimum absolute atomic E-state index is 0.0609. The van der Waals surface area contributed by atoms with Crippen LogP contribution in [0.2, 0.25) is 5.02 Å². The van der Waals surface area contributed by atoms with Gasteiger partial charge in [0.15, 0.2) is 0 Å². The van der Waals surface area contributed by atoms with E-state index in [1.54, 1.807) is 0 Å². The number of hydrogen-bond acceptors (Lipinski definition) is 2. The Hall–Kier alpha value is -2.47. The van der Waals surface area contributed by atoms with Crippen LogP contribution in [0.3, 0.4) is 0 Å². The zero-order valence-electron chi connectivity index (χ0n) is 17.3. The Morgan fingerprint density at radius 1 is 1.06 bits per heavy atom. The molecule has 164 valence electrons. The molecular weight excluding hydrogens is 422 g/mol. The molecule has 0 bridgehead atoms. The number of nitrogens with one attached hydrogen (secondary N) is 2. The quantitative estimate of drug-likeness (QED) is 0.610. The summed E-state index contributed by atoms with van der Waals surface area (Å²) in [5.74, 6) is -2.57. The molecule has 4 rings (SSSR count). The van der Waals surface area contributed by atoms with E-state index in [2.05, 4.69) is 10.6 Å². The van der Waals surface area contributed by atoms with Crippen LogP contribution in [-0.2, 0) is 9.59 Å². The van der Waals surface area contributed by atoms with Crippen molar-refractivity contribution in [3.05, 3.63) is 69.7 Å². The van der Waals surface area contributed by atoms with Crippen LogP contribution in [0.1, 0.15) is 73.7 Å². The normalized spacial score (nSPS) is 21.5. The van der Waals surface area contributed by atoms with Gasteiger partial charge in [0, 0.05) is 12.5 Å². The third-order valence-corrected chi connectivity index (χ3v) is 6.76. The van der Waals surface area contributed by atoms with Gasteiger partial charge in [-0.15, -0.1) is 0 Å². The Morgan fingerprint density at radius 2 is 1.74 bits per heavy atom. The summed E-state index contributed by atoms with van der Waals surface area (Å²) in [5, 5.41) is 5.68. The molecule has 0 radical (unpaired) electrons. The molecule has 7 heteroatoms. The van der Waals surface area contributed by atoms with E-state index in [9.17, 15) is 18.4 Å². The lowest BCUT2D eigenvalue weighted by molar-refractivity contribution is -0.124. The lowest BCUT2D eigenvalue weighted by Crippen LogP contribution is -2.37. The molecule has 2 N–H and O–H groups in total. The maximum atomic E-state index is 14.9. The molecule has 0 aliphatic heterocycles. The monoisotopic (exact) mass is 446 g/mol. The van der Waals surface area contributed by atoms with Crippen LogP contribution < -0.4 is 10.6 Å². The Bertz CT molecular complexity index is 1010. The molecule has 0 spiro atoms. The highest BCUT2D eigenvalue weighted by atomic mass is 35.5. The number of carbonyl (C=O) groups is 2. The number of hydrogen-bond donors (Lipinski definition) is 2. The second-order valence-electron chi connectivity index (χ2n) is 8.46. The van der Waals surface area contributed by atoms with Crippen molar-refractivity contribution < 1.29 is 18.4 Å². The van der Waals surface area contributed by atoms with Crippen molar-refractivity contribution >= 4 is 23.4 Å². The Labute approximate surface area is 185 Å². The van der Waals surface area contributed by atoms with Gasteiger partial charge in [-0.1, -0.05) is 48.7 Å². The second kappa shape index (κ2) is 8.95. The highest BCUT2D eigenvalue weighted by Crippen LogP contribution is 2.43. The molecule has 1 fully saturated rings. The van der Waals surface area contributed by atoms with E-state index in [0.29, 0.717) is 6.42 Å². The number of carbonyl (C=O) groups excluding carboxylic acids is 2. The summed E-state index contributed by atoms with van der Waals surface area (Å²) in [6.07, 6.45) is 3.89. The minimum Gasteiger partial charge on any atom is -0.349 e. The molecule has 1 saturated carbocycles. The molecular formula is C24H25ClF2N2O2. The van der Waals surface area contributed by atoms with Gasteiger partial charge in [-0.2, -0.15) is 0 Å². The lowest BCUT2D eigenvalue weighted by atomic mass is 9.89. The van der Waals surface area contributed by atoms with Crippen molar-refractivity contribution in [3.8, 4) is 0 Å². The Kier molecular flexibility index (Phi) is 6.28. The molecule has 0 heterocycles. The summed E-state index contributed by atoms with van der Waals surface area (Å²) < 4.78 is 29.6. The van der Waals surface area contributed by atoms with Gasteiger partial charge >= 0.3 is 0 Å². The molecule has 0 unspecified atom stereocenters. The fourth-order valence-corrected chi connectivity index (χ4v) is 5.23. The van der Waals surface area contributed by atoms with Gasteiger partial charge in [0.05, 0.1) is 23.0 Å². The third kappa shape index (κ3) is 4.31. The summed E-state index contributed by atoms with van der Waals surface area (Å²) in [6, 6.07) is 8.75. The van der Waals surface area contributed by atoms with E-state index in [1.807, 2.05) is 24.3 Å². The fourth-order valence-electron chi connectivity index (χ4n) is 5.06. The molecule has 0 aromatic heterocycles. The average molecular weight is 447 g/mol. The molecule has 4 nitrogen and oxygen atoms in total. The number of amides is 2. The number of halogens is 3. The standard InChI is InChI=1S/C24H25ClF2N2O2/c1-13(30)28-20-12-17(15-8-4-5-9-16(15)20)24(31)29-23(14-6-2-3-7-14)21-19(26)11-10-18(25)22(21)27/h4-5,8-11,14,17,20,23H,2-3,6-7,12H2,1H3,(H,28,30)(H,29,31)/t17-,20+,23-/m0/s1. The molecule has 0 saturated heterocycles. The molecule has 31 heavy (non-hydrogen) atoms. The first-order valence-electron chi connectivity index (χ1n) is 10.7. The second-order valence-corrected chi connectivity index (χ2v) is 8.87. The zero-order valence-corrected chi connectivity index (χ0v) is 18.0. The molecule has 2 amide bonds. The van der Waals surface area contributed by atoms with Crippen LogP contribution in [0.4, 0.5) is 8.78 Å². The third-order valence-electron chi connectivity index (χ3n) is 6.47. The van der Waals surface area contributed by atoms with Crippen LogP contribution in [0.5, 0.6) is 0 Å². The first-order chi connectivity index (χ1) is 14.9. The molecule has 3 atom stereocenters. The summed E-state index contributed by atoms with van der Waals surface area (Å²) in [6.45, 7) is 1.44. The van der Waals surface area contributed by atoms with Crippen molar-refractivity contribution in [2.24, 2.45) is 5.92 Å². The summed E-state index contributed by atoms with van der Waals surface area (Å²) in [5.41, 5.74) is 1.56. The Morgan fingerprint density at radius 3 is 2.42 bits per heavy atom. The van der Waals surface area contributed by atoms with Crippen LogP contribution in [0.15, 0.2) is 36.4 Å². The molecule has 2 aromatic carbocycles. The Balaban J connectivity index is 1.65. The summed E-state index contributed by atoms with van der Waals surface area (Å²) >= 11 is 5.94. The van der Waals surface area contributed by atoms with Crippen molar-refractivity contribution in [2.75, 3.05) is 0 Å². The fraction of sp³-hybridized carbons (Fsp3) is 0.417. The van der Waals surface area contributed by atoms with Crippen molar-refractivity contribution in [3.63, 3.8) is 0 Å². The maximum Gasteiger partial charge on any atom is 0.228 e. The number of rotatable bonds is 5. The maximum absolute atomic E-state index is 14.9. The van der Waals surface area contributed by atoms with Crippen molar-refractivity contribution in [1.29, 1.82) is 0 Å². The highest BCUT2D eigenvalue weighted by molar-refractivity contribution is 6.30. The summed E-state index contributed by atoms with van der Waals surface area (Å²) in [7, 11) is 0. The van der Waals surface area contributed by atoms with Crippen LogP contribution >= 0.6 is 11.6 Å². The van der Waals surface area contributed by atoms with E-state index in [1.165, 1.54) is 13.0 Å². The van der Waals surface area contributed by atoms with Gasteiger partial charge in [0.2, 0.25) is 11.8 Å². The van der Waals surface area contributed by atoms with Crippen LogP contribution in [-0.4, -0.2) is 11.8 Å². The van der Waals surface area contributed by atoms with E-state index in [4.69, 9.17) is 11.6 Å². The average Bonchev–Trinajstić information content (AvgIpc) is 3.39. The van der Waals surface area contributed by atoms with Crippen LogP contribution in [0.25, 0.3) is 0 Å². The van der Waals surface area contributed by atoms with Crippen molar-refractivity contribution in [2.45, 2.75) is 57.0 Å². The first kappa shape index (κ1) is 21.8. The van der Waals surface area contributed by atoms with Gasteiger partial charge < -0.3 is 10.6 Å². The molecule has 2 aliphatic carbocycles. The molecule has 2 aromatic rings. The van der Waals surface area contributed by atoms with E-state index in [-0.39, 0.29) is 34.4 Å². The first-order valence-corrected chi connectivity index (χ1v) is 11.0. The van der Waals surface area contributed by atoms with Gasteiger partial charge in [0.1, 0.15) is 11.6 Å². The zero-order chi connectivity index (χ0) is 22.1. The van der Waals surface area contributed by atoms with Gasteiger partial charge in [0.25, 0.3) is 0 Å². The van der Waals surface area contributed by atoms with Gasteiger partial charge in [-0.05, 0) is 48.4 Å². The SMILES string of the molecule is CC(=O)N[C@@H]1C[C@H](C(=O)N[C@H](c2c(F)ccc(Cl)c2F)C2CCCC2)c2ccccc21. The van der Waals surface area contributed by atoms with E-state index < -0.39 is 23.6 Å². The minimum atomic E-state index is -0.818. The molecule has 2 aliphatic rings. The van der Waals surface area contributed by atoms with Crippen LogP contribution in [0, 0.1) is 17.6 Å². The van der Waals surface area contributed by atoms with E-state index >= 15 is 0 Å². The largest absolute Gasteiger partial charge is 0.349 e. The van der Waals surface area contributed by atoms with Crippen molar-refractivity contribution in [1.82, 2.24) is 10.6 Å². The smallest absolute Gasteiger partial charge is 0.228 e.